The van der Waals surface area contributed by atoms with Gasteiger partial charge in [0.1, 0.15) is 5.69 Å². The van der Waals surface area contributed by atoms with Gasteiger partial charge in [-0.3, -0.25) is 4.98 Å². The predicted molar refractivity (Wildman–Crippen MR) is 126 cm³/mol. The van der Waals surface area contributed by atoms with Gasteiger partial charge in [-0.05, 0) is 80.5 Å². The minimum Gasteiger partial charge on any atom is -0.477 e. The van der Waals surface area contributed by atoms with Crippen LogP contribution in [-0.2, 0) is 11.8 Å². The van der Waals surface area contributed by atoms with Crippen LogP contribution in [0.3, 0.4) is 0 Å². The van der Waals surface area contributed by atoms with Gasteiger partial charge < -0.3 is 5.11 Å². The molecule has 0 atom stereocenters. The van der Waals surface area contributed by atoms with Gasteiger partial charge in [0, 0.05) is 5.41 Å². The summed E-state index contributed by atoms with van der Waals surface area (Å²) in [5.74, 6) is -2.91. The maximum absolute atomic E-state index is 14.3. The van der Waals surface area contributed by atoms with Crippen LogP contribution in [0.5, 0.6) is 0 Å². The summed E-state index contributed by atoms with van der Waals surface area (Å²) in [6.45, 7) is 6.10. The Morgan fingerprint density at radius 1 is 1.00 bits per heavy atom. The Labute approximate surface area is 198 Å². The SMILES string of the molecule is CC1(Cc2cc(C(=O)O)nc(C(C)(C)c3cccc(-c4ccc(F)nc4F)n3)c2)CCCCC1. The summed E-state index contributed by atoms with van der Waals surface area (Å²) < 4.78 is 27.5. The monoisotopic (exact) mass is 465 g/mol. The fraction of sp³-hybridized carbons (Fsp3) is 0.407. The molecular weight excluding hydrogens is 436 g/mol. The Bertz CT molecular complexity index is 1220. The summed E-state index contributed by atoms with van der Waals surface area (Å²) >= 11 is 0. The van der Waals surface area contributed by atoms with Crippen molar-refractivity contribution < 1.29 is 18.7 Å². The molecule has 0 bridgehead atoms. The van der Waals surface area contributed by atoms with Crippen LogP contribution in [0.1, 0.15) is 80.3 Å². The third-order valence-corrected chi connectivity index (χ3v) is 6.92. The second-order valence-electron chi connectivity index (χ2n) is 10.1. The smallest absolute Gasteiger partial charge is 0.354 e. The van der Waals surface area contributed by atoms with Gasteiger partial charge in [-0.25, -0.2) is 9.78 Å². The Morgan fingerprint density at radius 2 is 1.74 bits per heavy atom. The van der Waals surface area contributed by atoms with Crippen molar-refractivity contribution in [2.24, 2.45) is 5.41 Å². The van der Waals surface area contributed by atoms with Crippen LogP contribution < -0.4 is 0 Å². The van der Waals surface area contributed by atoms with E-state index < -0.39 is 23.3 Å². The zero-order valence-corrected chi connectivity index (χ0v) is 19.7. The minimum absolute atomic E-state index is 0.00455. The third-order valence-electron chi connectivity index (χ3n) is 6.92. The first kappa shape index (κ1) is 23.9. The number of carboxylic acids is 1. The molecule has 1 N–H and O–H groups in total. The second kappa shape index (κ2) is 9.20. The summed E-state index contributed by atoms with van der Waals surface area (Å²) in [4.78, 5) is 24.2. The molecule has 178 valence electrons. The molecular formula is C27H29F2N3O2. The van der Waals surface area contributed by atoms with Gasteiger partial charge >= 0.3 is 5.97 Å². The molecule has 0 amide bonds. The number of hydrogen-bond acceptors (Lipinski definition) is 4. The molecule has 34 heavy (non-hydrogen) atoms. The molecule has 3 aromatic rings. The van der Waals surface area contributed by atoms with Crippen molar-refractivity contribution >= 4 is 5.97 Å². The average molecular weight is 466 g/mol. The Hall–Kier alpha value is -3.22. The van der Waals surface area contributed by atoms with E-state index in [-0.39, 0.29) is 16.7 Å². The van der Waals surface area contributed by atoms with E-state index in [2.05, 4.69) is 21.9 Å². The summed E-state index contributed by atoms with van der Waals surface area (Å²) in [7, 11) is 0. The number of nitrogens with zero attached hydrogens (tertiary/aromatic N) is 3. The highest BCUT2D eigenvalue weighted by atomic mass is 19.1. The summed E-state index contributed by atoms with van der Waals surface area (Å²) in [6, 6.07) is 11.2. The lowest BCUT2D eigenvalue weighted by Gasteiger charge is -2.34. The van der Waals surface area contributed by atoms with E-state index in [0.717, 1.165) is 30.9 Å². The number of rotatable bonds is 6. The van der Waals surface area contributed by atoms with Crippen molar-refractivity contribution in [1.29, 1.82) is 0 Å². The van der Waals surface area contributed by atoms with Gasteiger partial charge in [0.15, 0.2) is 0 Å². The highest BCUT2D eigenvalue weighted by Gasteiger charge is 2.31. The molecule has 3 heterocycles. The average Bonchev–Trinajstić information content (AvgIpc) is 2.79. The summed E-state index contributed by atoms with van der Waals surface area (Å²) in [6.07, 6.45) is 6.67. The molecule has 5 nitrogen and oxygen atoms in total. The van der Waals surface area contributed by atoms with Gasteiger partial charge in [0.05, 0.1) is 22.6 Å². The van der Waals surface area contributed by atoms with Crippen molar-refractivity contribution in [2.75, 3.05) is 0 Å². The first-order valence-corrected chi connectivity index (χ1v) is 11.6. The molecule has 1 aliphatic carbocycles. The van der Waals surface area contributed by atoms with Crippen LogP contribution in [-0.4, -0.2) is 26.0 Å². The largest absolute Gasteiger partial charge is 0.477 e. The zero-order chi connectivity index (χ0) is 24.5. The minimum atomic E-state index is -1.08. The van der Waals surface area contributed by atoms with Gasteiger partial charge in [-0.15, -0.1) is 0 Å². The standard InChI is InChI=1S/C27H29F2N3O2/c1-26(2,21-9-7-8-19(30-21)18-10-11-23(28)32-24(18)29)22-15-17(14-20(31-22)25(33)34)16-27(3)12-5-4-6-13-27/h7-11,14-15H,4-6,12-13,16H2,1-3H3,(H,33,34). The lowest BCUT2D eigenvalue weighted by molar-refractivity contribution is 0.0689. The van der Waals surface area contributed by atoms with Crippen molar-refractivity contribution in [2.45, 2.75) is 64.7 Å². The number of aromatic nitrogens is 3. The first-order valence-electron chi connectivity index (χ1n) is 11.6. The molecule has 0 aromatic carbocycles. The fourth-order valence-electron chi connectivity index (χ4n) is 4.86. The summed E-state index contributed by atoms with van der Waals surface area (Å²) in [5, 5.41) is 9.73. The molecule has 0 unspecified atom stereocenters. The number of aromatic carboxylic acids is 1. The van der Waals surface area contributed by atoms with Gasteiger partial charge in [0.25, 0.3) is 0 Å². The van der Waals surface area contributed by atoms with E-state index in [4.69, 9.17) is 0 Å². The van der Waals surface area contributed by atoms with E-state index in [1.54, 1.807) is 24.3 Å². The molecule has 1 aliphatic rings. The normalized spacial score (nSPS) is 15.8. The maximum atomic E-state index is 14.3. The van der Waals surface area contributed by atoms with Crippen LogP contribution in [0.25, 0.3) is 11.3 Å². The Morgan fingerprint density at radius 3 is 2.41 bits per heavy atom. The predicted octanol–water partition coefficient (Wildman–Crippen LogP) is 6.35. The van der Waals surface area contributed by atoms with Crippen LogP contribution in [0.15, 0.2) is 42.5 Å². The van der Waals surface area contributed by atoms with Crippen molar-refractivity contribution in [3.63, 3.8) is 0 Å². The van der Waals surface area contributed by atoms with Crippen LogP contribution in [0.2, 0.25) is 0 Å². The molecule has 0 aliphatic heterocycles. The quantitative estimate of drug-likeness (QED) is 0.429. The van der Waals surface area contributed by atoms with Gasteiger partial charge in [-0.1, -0.05) is 32.3 Å². The van der Waals surface area contributed by atoms with E-state index in [1.165, 1.54) is 25.3 Å². The molecule has 0 spiro atoms. The molecule has 1 saturated carbocycles. The highest BCUT2D eigenvalue weighted by molar-refractivity contribution is 5.85. The van der Waals surface area contributed by atoms with E-state index in [0.29, 0.717) is 17.1 Å². The summed E-state index contributed by atoms with van der Waals surface area (Å²) in [5.41, 5.74) is 1.94. The number of halogens is 2. The van der Waals surface area contributed by atoms with E-state index >= 15 is 0 Å². The van der Waals surface area contributed by atoms with Crippen LogP contribution in [0, 0.1) is 17.3 Å². The van der Waals surface area contributed by atoms with Crippen molar-refractivity contribution in [1.82, 2.24) is 15.0 Å². The van der Waals surface area contributed by atoms with E-state index in [1.807, 2.05) is 19.9 Å². The molecule has 0 radical (unpaired) electrons. The number of pyridine rings is 3. The van der Waals surface area contributed by atoms with E-state index in [9.17, 15) is 18.7 Å². The molecule has 0 saturated heterocycles. The zero-order valence-electron chi connectivity index (χ0n) is 19.7. The topological polar surface area (TPSA) is 76.0 Å². The molecule has 4 rings (SSSR count). The van der Waals surface area contributed by atoms with Crippen LogP contribution >= 0.6 is 0 Å². The first-order chi connectivity index (χ1) is 16.1. The number of carboxylic acid groups (broad SMARTS) is 1. The lowest BCUT2D eigenvalue weighted by Crippen LogP contribution is -2.26. The Balaban J connectivity index is 1.74. The van der Waals surface area contributed by atoms with Crippen molar-refractivity contribution in [3.8, 4) is 11.3 Å². The number of hydrogen-bond donors (Lipinski definition) is 1. The molecule has 7 heteroatoms. The third kappa shape index (κ3) is 4.98. The van der Waals surface area contributed by atoms with Crippen molar-refractivity contribution in [3.05, 3.63) is 77.0 Å². The van der Waals surface area contributed by atoms with Gasteiger partial charge in [0.2, 0.25) is 11.9 Å². The number of carbonyl (C=O) groups is 1. The van der Waals surface area contributed by atoms with Crippen LogP contribution in [0.4, 0.5) is 8.78 Å². The molecule has 3 aromatic heterocycles. The molecule has 1 fully saturated rings. The maximum Gasteiger partial charge on any atom is 0.354 e. The van der Waals surface area contributed by atoms with Gasteiger partial charge in [-0.2, -0.15) is 13.8 Å². The Kier molecular flexibility index (Phi) is 6.47. The second-order valence-corrected chi connectivity index (χ2v) is 10.1. The lowest BCUT2D eigenvalue weighted by atomic mass is 9.71. The fourth-order valence-corrected chi connectivity index (χ4v) is 4.86. The highest BCUT2D eigenvalue weighted by Crippen LogP contribution is 2.40.